The third-order valence-electron chi connectivity index (χ3n) is 6.03. The maximum Gasteiger partial charge on any atom is 0.409 e. The van der Waals surface area contributed by atoms with E-state index in [1.807, 2.05) is 0 Å². The number of aliphatic hydroxyl groups excluding tert-OH is 1. The van der Waals surface area contributed by atoms with Gasteiger partial charge in [-0.1, -0.05) is 122 Å². The molecule has 0 aromatic heterocycles. The zero-order valence-corrected chi connectivity index (χ0v) is 20.6. The zero-order valence-electron chi connectivity index (χ0n) is 20.6. The third-order valence-corrected chi connectivity index (χ3v) is 6.03. The number of aliphatic hydroxyl groups is 1. The molecule has 180 valence electrons. The number of rotatable bonds is 22. The zero-order chi connectivity index (χ0) is 22.3. The topological polar surface area (TPSA) is 49.8 Å². The molecule has 0 spiro atoms. The number of carbonyl (C=O) groups is 1. The second-order valence-corrected chi connectivity index (χ2v) is 9.32. The smallest absolute Gasteiger partial charge is 0.409 e. The van der Waals surface area contributed by atoms with Crippen LogP contribution in [0.15, 0.2) is 0 Å². The number of hydrogen-bond donors (Lipinski definition) is 1. The molecule has 0 aliphatic heterocycles. The van der Waals surface area contributed by atoms with Crippen LogP contribution in [0.25, 0.3) is 0 Å². The van der Waals surface area contributed by atoms with Gasteiger partial charge in [-0.05, 0) is 6.42 Å². The fourth-order valence-corrected chi connectivity index (χ4v) is 3.88. The first-order valence-electron chi connectivity index (χ1n) is 13.1. The van der Waals surface area contributed by atoms with Crippen molar-refractivity contribution in [1.29, 1.82) is 0 Å². The van der Waals surface area contributed by atoms with E-state index in [2.05, 4.69) is 6.92 Å². The Morgan fingerprint density at radius 2 is 1.07 bits per heavy atom. The molecule has 1 N–H and O–H groups in total. The van der Waals surface area contributed by atoms with Crippen LogP contribution >= 0.6 is 0 Å². The molecule has 0 radical (unpaired) electrons. The van der Waals surface area contributed by atoms with Crippen molar-refractivity contribution in [2.75, 3.05) is 27.3 Å². The van der Waals surface area contributed by atoms with Crippen molar-refractivity contribution >= 4 is 6.09 Å². The number of hydrogen-bond acceptors (Lipinski definition) is 3. The summed E-state index contributed by atoms with van der Waals surface area (Å²) in [4.78, 5) is 12.8. The Balaban J connectivity index is 3.26. The van der Waals surface area contributed by atoms with Crippen molar-refractivity contribution in [3.05, 3.63) is 0 Å². The number of carbonyl (C=O) groups excluding carboxylic acids is 1. The van der Waals surface area contributed by atoms with Gasteiger partial charge in [0, 0.05) is 26.6 Å². The Bertz CT molecular complexity index is 360. The van der Waals surface area contributed by atoms with Gasteiger partial charge in [0.1, 0.15) is 0 Å². The van der Waals surface area contributed by atoms with Crippen molar-refractivity contribution in [2.45, 2.75) is 129 Å². The summed E-state index contributed by atoms with van der Waals surface area (Å²) in [7, 11) is 3.35. The maximum atomic E-state index is 11.4. The highest BCUT2D eigenvalue weighted by molar-refractivity contribution is 5.66. The van der Waals surface area contributed by atoms with Crippen LogP contribution in [-0.4, -0.2) is 43.4 Å². The molecule has 0 saturated carbocycles. The molecular weight excluding hydrogens is 374 g/mol. The maximum absolute atomic E-state index is 11.4. The first-order valence-corrected chi connectivity index (χ1v) is 13.1. The molecule has 0 aliphatic rings. The number of amides is 1. The van der Waals surface area contributed by atoms with E-state index in [1.165, 1.54) is 114 Å². The molecule has 0 bridgehead atoms. The van der Waals surface area contributed by atoms with Gasteiger partial charge in [-0.2, -0.15) is 0 Å². The first-order chi connectivity index (χ1) is 14.6. The van der Waals surface area contributed by atoms with Crippen LogP contribution in [0, 0.1) is 5.92 Å². The van der Waals surface area contributed by atoms with Crippen molar-refractivity contribution < 1.29 is 14.6 Å². The molecule has 0 heterocycles. The van der Waals surface area contributed by atoms with Gasteiger partial charge in [0.25, 0.3) is 0 Å². The Morgan fingerprint density at radius 1 is 0.700 bits per heavy atom. The van der Waals surface area contributed by atoms with Gasteiger partial charge >= 0.3 is 6.09 Å². The number of ether oxygens (including phenoxy) is 1. The summed E-state index contributed by atoms with van der Waals surface area (Å²) in [6.45, 7) is 2.71. The van der Waals surface area contributed by atoms with Crippen LogP contribution in [0.4, 0.5) is 4.79 Å². The van der Waals surface area contributed by atoms with E-state index < -0.39 is 0 Å². The average molecular weight is 428 g/mol. The molecule has 0 aromatic rings. The second-order valence-electron chi connectivity index (χ2n) is 9.32. The van der Waals surface area contributed by atoms with Gasteiger partial charge in [-0.15, -0.1) is 0 Å². The van der Waals surface area contributed by atoms with Gasteiger partial charge in [-0.25, -0.2) is 4.79 Å². The summed E-state index contributed by atoms with van der Waals surface area (Å²) >= 11 is 0. The van der Waals surface area contributed by atoms with Crippen LogP contribution in [0.3, 0.4) is 0 Å². The summed E-state index contributed by atoms with van der Waals surface area (Å²) < 4.78 is 5.17. The summed E-state index contributed by atoms with van der Waals surface area (Å²) in [6, 6.07) is 0. The SMILES string of the molecule is CCCCCCCCCCCCCCCCCCCCC(CO)COC(=O)N(C)C. The highest BCUT2D eigenvalue weighted by atomic mass is 16.6. The lowest BCUT2D eigenvalue weighted by atomic mass is 10.0. The lowest BCUT2D eigenvalue weighted by Gasteiger charge is -2.16. The minimum absolute atomic E-state index is 0.0787. The normalized spacial score (nSPS) is 12.1. The van der Waals surface area contributed by atoms with Gasteiger partial charge < -0.3 is 14.7 Å². The highest BCUT2D eigenvalue weighted by Gasteiger charge is 2.12. The minimum Gasteiger partial charge on any atom is -0.449 e. The van der Waals surface area contributed by atoms with Gasteiger partial charge in [0.2, 0.25) is 0 Å². The Kier molecular flexibility index (Phi) is 22.3. The predicted octanol–water partition coefficient (Wildman–Crippen LogP) is 7.72. The summed E-state index contributed by atoms with van der Waals surface area (Å²) in [6.07, 6.45) is 25.4. The van der Waals surface area contributed by atoms with Crippen LogP contribution in [0.1, 0.15) is 129 Å². The summed E-state index contributed by atoms with van der Waals surface area (Å²) in [5, 5.41) is 9.42. The van der Waals surface area contributed by atoms with Crippen molar-refractivity contribution in [2.24, 2.45) is 5.92 Å². The Labute approximate surface area is 188 Å². The standard InChI is InChI=1S/C26H53NO3/c1-4-5-6-7-8-9-10-11-12-13-14-15-16-17-18-19-20-21-22-25(23-28)24-30-26(29)27(2)3/h25,28H,4-24H2,1-3H3. The van der Waals surface area contributed by atoms with E-state index in [0.717, 1.165) is 12.8 Å². The first kappa shape index (κ1) is 29.2. The molecule has 4 heteroatoms. The lowest BCUT2D eigenvalue weighted by molar-refractivity contribution is 0.0810. The quantitative estimate of drug-likeness (QED) is 0.180. The molecular formula is C26H53NO3. The molecule has 4 nitrogen and oxygen atoms in total. The molecule has 0 aromatic carbocycles. The number of unbranched alkanes of at least 4 members (excludes halogenated alkanes) is 17. The second kappa shape index (κ2) is 22.9. The fourth-order valence-electron chi connectivity index (χ4n) is 3.88. The fraction of sp³-hybridized carbons (Fsp3) is 0.962. The third kappa shape index (κ3) is 20.5. The van der Waals surface area contributed by atoms with E-state index in [1.54, 1.807) is 14.1 Å². The average Bonchev–Trinajstić information content (AvgIpc) is 2.74. The monoisotopic (exact) mass is 427 g/mol. The predicted molar refractivity (Wildman–Crippen MR) is 129 cm³/mol. The van der Waals surface area contributed by atoms with Crippen molar-refractivity contribution in [3.63, 3.8) is 0 Å². The van der Waals surface area contributed by atoms with E-state index in [0.29, 0.717) is 6.61 Å². The van der Waals surface area contributed by atoms with Crippen LogP contribution in [0.2, 0.25) is 0 Å². The molecule has 1 amide bonds. The van der Waals surface area contributed by atoms with Gasteiger partial charge in [0.05, 0.1) is 6.61 Å². The molecule has 1 atom stereocenters. The molecule has 0 fully saturated rings. The van der Waals surface area contributed by atoms with E-state index in [4.69, 9.17) is 4.74 Å². The van der Waals surface area contributed by atoms with Crippen molar-refractivity contribution in [1.82, 2.24) is 4.90 Å². The molecule has 30 heavy (non-hydrogen) atoms. The molecule has 0 aliphatic carbocycles. The molecule has 0 saturated heterocycles. The lowest BCUT2D eigenvalue weighted by Crippen LogP contribution is -2.26. The Hall–Kier alpha value is -0.770. The summed E-state index contributed by atoms with van der Waals surface area (Å²) in [5.74, 6) is 0.0787. The molecule has 1 unspecified atom stereocenters. The highest BCUT2D eigenvalue weighted by Crippen LogP contribution is 2.16. The van der Waals surface area contributed by atoms with Crippen LogP contribution in [-0.2, 0) is 4.74 Å². The molecule has 0 rings (SSSR count). The van der Waals surface area contributed by atoms with Crippen LogP contribution < -0.4 is 0 Å². The van der Waals surface area contributed by atoms with E-state index in [-0.39, 0.29) is 18.6 Å². The minimum atomic E-state index is -0.328. The van der Waals surface area contributed by atoms with Gasteiger partial charge in [-0.3, -0.25) is 0 Å². The van der Waals surface area contributed by atoms with E-state index in [9.17, 15) is 9.90 Å². The number of nitrogens with zero attached hydrogens (tertiary/aromatic N) is 1. The van der Waals surface area contributed by atoms with Crippen LogP contribution in [0.5, 0.6) is 0 Å². The summed E-state index contributed by atoms with van der Waals surface area (Å²) in [5.41, 5.74) is 0. The van der Waals surface area contributed by atoms with Crippen molar-refractivity contribution in [3.8, 4) is 0 Å². The largest absolute Gasteiger partial charge is 0.449 e. The van der Waals surface area contributed by atoms with Gasteiger partial charge in [0.15, 0.2) is 0 Å². The van der Waals surface area contributed by atoms with E-state index >= 15 is 0 Å². The Morgan fingerprint density at radius 3 is 1.40 bits per heavy atom.